The number of amides is 1. The lowest BCUT2D eigenvalue weighted by molar-refractivity contribution is -0.132. The second-order valence-electron chi connectivity index (χ2n) is 6.97. The molecule has 1 aliphatic rings. The van der Waals surface area contributed by atoms with E-state index in [0.29, 0.717) is 17.0 Å². The van der Waals surface area contributed by atoms with E-state index in [-0.39, 0.29) is 16.9 Å². The number of ether oxygens (including phenoxy) is 2. The van der Waals surface area contributed by atoms with Crippen LogP contribution in [0.25, 0.3) is 5.76 Å². The van der Waals surface area contributed by atoms with Crippen LogP contribution in [0.15, 0.2) is 72.6 Å². The highest BCUT2D eigenvalue weighted by Crippen LogP contribution is 2.45. The molecule has 0 radical (unpaired) electrons. The third kappa shape index (κ3) is 3.45. The fraction of sp³-hybridized carbons (Fsp3) is 0.125. The third-order valence-electron chi connectivity index (χ3n) is 5.23. The van der Waals surface area contributed by atoms with E-state index in [1.807, 2.05) is 0 Å². The molecule has 8 heteroatoms. The quantitative estimate of drug-likeness (QED) is 0.373. The maximum atomic E-state index is 14.0. The maximum Gasteiger partial charge on any atom is 0.300 e. The first kappa shape index (κ1) is 21.0. The number of aromatic nitrogens is 1. The van der Waals surface area contributed by atoms with Crippen LogP contribution in [0.3, 0.4) is 0 Å². The standard InChI is InChI=1S/C24H19FN2O5/c1-31-18-8-7-15(25)13-16(18)22(28)20-21(14-9-11-26-12-10-14)27(24(30)23(20)29)17-5-3-4-6-19(17)32-2/h3-13,21,28H,1-2H3/b22-20+. The molecule has 0 spiro atoms. The SMILES string of the molecule is COc1ccc(F)cc1/C(O)=C1\C(=O)C(=O)N(c2ccccc2OC)C1c1ccncc1. The Hall–Kier alpha value is -4.20. The molecule has 162 valence electrons. The van der Waals surface area contributed by atoms with E-state index in [0.717, 1.165) is 6.07 Å². The van der Waals surface area contributed by atoms with Gasteiger partial charge in [-0.05, 0) is 48.0 Å². The summed E-state index contributed by atoms with van der Waals surface area (Å²) in [5, 5.41) is 11.2. The highest BCUT2D eigenvalue weighted by molar-refractivity contribution is 6.52. The average molecular weight is 434 g/mol. The molecule has 1 aromatic heterocycles. The zero-order valence-electron chi connectivity index (χ0n) is 17.3. The van der Waals surface area contributed by atoms with E-state index >= 15 is 0 Å². The number of ketones is 1. The molecule has 0 saturated carbocycles. The number of carbonyl (C=O) groups excluding carboxylic acids is 2. The van der Waals surface area contributed by atoms with Crippen LogP contribution in [0.1, 0.15) is 17.2 Å². The Morgan fingerprint density at radius 2 is 1.69 bits per heavy atom. The van der Waals surface area contributed by atoms with Crippen molar-refractivity contribution < 1.29 is 28.6 Å². The molecule has 1 atom stereocenters. The van der Waals surface area contributed by atoms with Gasteiger partial charge in [0.2, 0.25) is 0 Å². The van der Waals surface area contributed by atoms with Crippen LogP contribution in [0.4, 0.5) is 10.1 Å². The fourth-order valence-corrected chi connectivity index (χ4v) is 3.78. The Bertz CT molecular complexity index is 1230. The van der Waals surface area contributed by atoms with Crippen molar-refractivity contribution in [3.63, 3.8) is 0 Å². The number of pyridine rings is 1. The Balaban J connectivity index is 2.00. The van der Waals surface area contributed by atoms with Crippen molar-refractivity contribution in [2.24, 2.45) is 0 Å². The van der Waals surface area contributed by atoms with Gasteiger partial charge < -0.3 is 14.6 Å². The summed E-state index contributed by atoms with van der Waals surface area (Å²) in [6.45, 7) is 0. The van der Waals surface area contributed by atoms with Gasteiger partial charge in [0, 0.05) is 12.4 Å². The van der Waals surface area contributed by atoms with Crippen LogP contribution in [0.5, 0.6) is 11.5 Å². The summed E-state index contributed by atoms with van der Waals surface area (Å²) in [4.78, 5) is 31.6. The summed E-state index contributed by atoms with van der Waals surface area (Å²) in [7, 11) is 2.81. The number of hydrogen-bond acceptors (Lipinski definition) is 6. The molecule has 1 amide bonds. The number of methoxy groups -OCH3 is 2. The van der Waals surface area contributed by atoms with Crippen molar-refractivity contribution in [1.82, 2.24) is 4.98 Å². The van der Waals surface area contributed by atoms with Crippen molar-refractivity contribution in [2.75, 3.05) is 19.1 Å². The summed E-state index contributed by atoms with van der Waals surface area (Å²) >= 11 is 0. The predicted molar refractivity (Wildman–Crippen MR) is 115 cm³/mol. The lowest BCUT2D eigenvalue weighted by Gasteiger charge is -2.26. The minimum Gasteiger partial charge on any atom is -0.507 e. The van der Waals surface area contributed by atoms with Crippen molar-refractivity contribution in [3.05, 3.63) is 89.5 Å². The van der Waals surface area contributed by atoms with E-state index in [9.17, 15) is 19.1 Å². The number of nitrogens with zero attached hydrogens (tertiary/aromatic N) is 2. The first-order chi connectivity index (χ1) is 15.5. The number of hydrogen-bond donors (Lipinski definition) is 1. The van der Waals surface area contributed by atoms with Gasteiger partial charge in [0.25, 0.3) is 11.7 Å². The van der Waals surface area contributed by atoms with Gasteiger partial charge in [0.05, 0.1) is 37.1 Å². The molecular weight excluding hydrogens is 415 g/mol. The summed E-state index contributed by atoms with van der Waals surface area (Å²) in [6.07, 6.45) is 3.03. The lowest BCUT2D eigenvalue weighted by Crippen LogP contribution is -2.29. The summed E-state index contributed by atoms with van der Waals surface area (Å²) in [5.41, 5.74) is 0.645. The molecule has 0 aliphatic carbocycles. The zero-order valence-corrected chi connectivity index (χ0v) is 17.3. The lowest BCUT2D eigenvalue weighted by atomic mass is 9.95. The monoisotopic (exact) mass is 434 g/mol. The van der Waals surface area contributed by atoms with E-state index < -0.39 is 29.3 Å². The fourth-order valence-electron chi connectivity index (χ4n) is 3.78. The Kier molecular flexibility index (Phi) is 5.59. The van der Waals surface area contributed by atoms with Gasteiger partial charge in [-0.1, -0.05) is 12.1 Å². The van der Waals surface area contributed by atoms with Crippen LogP contribution < -0.4 is 14.4 Å². The number of aliphatic hydroxyl groups excluding tert-OH is 1. The normalized spacial score (nSPS) is 17.5. The van der Waals surface area contributed by atoms with Gasteiger partial charge in [0.15, 0.2) is 0 Å². The summed E-state index contributed by atoms with van der Waals surface area (Å²) in [5.74, 6) is -2.42. The summed E-state index contributed by atoms with van der Waals surface area (Å²) < 4.78 is 24.6. The molecule has 4 rings (SSSR count). The first-order valence-electron chi connectivity index (χ1n) is 9.65. The Morgan fingerprint density at radius 1 is 1.00 bits per heavy atom. The maximum absolute atomic E-state index is 14.0. The van der Waals surface area contributed by atoms with Gasteiger partial charge in [-0.25, -0.2) is 4.39 Å². The topological polar surface area (TPSA) is 89.0 Å². The zero-order chi connectivity index (χ0) is 22.8. The Labute approximate surface area is 183 Å². The largest absolute Gasteiger partial charge is 0.507 e. The van der Waals surface area contributed by atoms with Gasteiger partial charge in [0.1, 0.15) is 23.1 Å². The van der Waals surface area contributed by atoms with Crippen molar-refractivity contribution >= 4 is 23.1 Å². The highest BCUT2D eigenvalue weighted by Gasteiger charge is 2.48. The molecule has 2 aromatic carbocycles. The minimum absolute atomic E-state index is 0.0374. The van der Waals surface area contributed by atoms with Crippen LogP contribution in [-0.2, 0) is 9.59 Å². The number of carbonyl (C=O) groups is 2. The molecule has 1 unspecified atom stereocenters. The minimum atomic E-state index is -0.998. The molecule has 7 nitrogen and oxygen atoms in total. The summed E-state index contributed by atoms with van der Waals surface area (Å²) in [6, 6.07) is 12.6. The van der Waals surface area contributed by atoms with E-state index in [4.69, 9.17) is 9.47 Å². The first-order valence-corrected chi connectivity index (χ1v) is 9.65. The second-order valence-corrected chi connectivity index (χ2v) is 6.97. The van der Waals surface area contributed by atoms with Crippen LogP contribution >= 0.6 is 0 Å². The molecule has 32 heavy (non-hydrogen) atoms. The number of benzene rings is 2. The number of aliphatic hydroxyl groups is 1. The van der Waals surface area contributed by atoms with Gasteiger partial charge in [-0.2, -0.15) is 0 Å². The van der Waals surface area contributed by atoms with Crippen LogP contribution in [0.2, 0.25) is 0 Å². The molecule has 1 N–H and O–H groups in total. The number of rotatable bonds is 5. The molecule has 1 fully saturated rings. The molecule has 2 heterocycles. The second kappa shape index (κ2) is 8.50. The molecular formula is C24H19FN2O5. The average Bonchev–Trinajstić information content (AvgIpc) is 3.09. The Morgan fingerprint density at radius 3 is 2.38 bits per heavy atom. The van der Waals surface area contributed by atoms with Gasteiger partial charge in [-0.3, -0.25) is 19.5 Å². The van der Waals surface area contributed by atoms with Crippen molar-refractivity contribution in [2.45, 2.75) is 6.04 Å². The third-order valence-corrected chi connectivity index (χ3v) is 5.23. The molecule has 1 aliphatic heterocycles. The number of para-hydroxylation sites is 2. The number of Topliss-reactive ketones (excluding diaryl/α,β-unsaturated/α-hetero) is 1. The number of anilines is 1. The van der Waals surface area contributed by atoms with Gasteiger partial charge >= 0.3 is 0 Å². The molecule has 3 aromatic rings. The van der Waals surface area contributed by atoms with E-state index in [1.54, 1.807) is 36.4 Å². The predicted octanol–water partition coefficient (Wildman–Crippen LogP) is 3.86. The van der Waals surface area contributed by atoms with E-state index in [1.165, 1.54) is 43.6 Å². The van der Waals surface area contributed by atoms with Crippen LogP contribution in [0, 0.1) is 5.82 Å². The van der Waals surface area contributed by atoms with Crippen molar-refractivity contribution in [1.29, 1.82) is 0 Å². The van der Waals surface area contributed by atoms with Gasteiger partial charge in [-0.15, -0.1) is 0 Å². The van der Waals surface area contributed by atoms with E-state index in [2.05, 4.69) is 4.98 Å². The smallest absolute Gasteiger partial charge is 0.300 e. The molecule has 1 saturated heterocycles. The van der Waals surface area contributed by atoms with Crippen LogP contribution in [-0.4, -0.2) is 36.0 Å². The number of halogens is 1. The molecule has 0 bridgehead atoms. The highest BCUT2D eigenvalue weighted by atomic mass is 19.1. The van der Waals surface area contributed by atoms with Crippen molar-refractivity contribution in [3.8, 4) is 11.5 Å².